The van der Waals surface area contributed by atoms with Crippen molar-refractivity contribution in [2.45, 2.75) is 13.1 Å². The normalized spacial score (nSPS) is 10.9. The van der Waals surface area contributed by atoms with Crippen LogP contribution >= 0.6 is 0 Å². The maximum atomic E-state index is 11.9. The Hall–Kier alpha value is -2.05. The summed E-state index contributed by atoms with van der Waals surface area (Å²) in [6.45, 7) is -0.0454. The molecule has 0 bridgehead atoms. The summed E-state index contributed by atoms with van der Waals surface area (Å²) in [5, 5.41) is 0. The number of hydrogen-bond donors (Lipinski definition) is 0. The lowest BCUT2D eigenvalue weighted by atomic mass is 10.1. The van der Waals surface area contributed by atoms with E-state index >= 15 is 0 Å². The molecule has 0 N–H and O–H groups in total. The van der Waals surface area contributed by atoms with E-state index in [2.05, 4.69) is 4.74 Å². The van der Waals surface area contributed by atoms with Crippen LogP contribution in [0.2, 0.25) is 0 Å². The third-order valence-electron chi connectivity index (χ3n) is 2.01. The highest BCUT2D eigenvalue weighted by molar-refractivity contribution is 6.03. The van der Waals surface area contributed by atoms with Crippen molar-refractivity contribution in [1.82, 2.24) is 0 Å². The van der Waals surface area contributed by atoms with Gasteiger partial charge in [-0.2, -0.15) is 13.2 Å². The van der Waals surface area contributed by atoms with Crippen molar-refractivity contribution in [3.8, 4) is 0 Å². The molecule has 0 heterocycles. The van der Waals surface area contributed by atoms with Gasteiger partial charge in [0.1, 0.15) is 0 Å². The van der Waals surface area contributed by atoms with Crippen molar-refractivity contribution >= 4 is 11.9 Å². The first-order chi connectivity index (χ1) is 8.85. The van der Waals surface area contributed by atoms with Gasteiger partial charge in [-0.1, -0.05) is 12.1 Å². The molecule has 0 radical (unpaired) electrons. The molecular weight excluding hydrogens is 265 g/mol. The lowest BCUT2D eigenvalue weighted by Gasteiger charge is -2.10. The molecule has 0 saturated heterocycles. The van der Waals surface area contributed by atoms with Crippen LogP contribution in [0.4, 0.5) is 13.2 Å². The molecule has 0 amide bonds. The summed E-state index contributed by atoms with van der Waals surface area (Å²) in [5.74, 6) is -2.01. The lowest BCUT2D eigenvalue weighted by Crippen LogP contribution is -2.22. The number of benzene rings is 1. The highest BCUT2D eigenvalue weighted by Crippen LogP contribution is 2.17. The molecule has 0 fully saturated rings. The maximum Gasteiger partial charge on any atom is 0.422 e. The van der Waals surface area contributed by atoms with Crippen molar-refractivity contribution in [2.75, 3.05) is 13.2 Å². The second-order valence-corrected chi connectivity index (χ2v) is 3.46. The average molecular weight is 276 g/mol. The van der Waals surface area contributed by atoms with Crippen LogP contribution in [0.15, 0.2) is 24.3 Å². The van der Waals surface area contributed by atoms with Crippen molar-refractivity contribution in [3.63, 3.8) is 0 Å². The summed E-state index contributed by atoms with van der Waals surface area (Å²) < 4.78 is 44.6. The van der Waals surface area contributed by atoms with Gasteiger partial charge in [0.05, 0.1) is 17.7 Å². The molecule has 1 aromatic rings. The van der Waals surface area contributed by atoms with Crippen LogP contribution in [0.3, 0.4) is 0 Å². The molecule has 104 valence electrons. The molecule has 7 heteroatoms. The summed E-state index contributed by atoms with van der Waals surface area (Å²) in [5.41, 5.74) is -0.387. The quantitative estimate of drug-likeness (QED) is 0.793. The molecule has 0 unspecified atom stereocenters. The number of ether oxygens (including phenoxy) is 2. The zero-order valence-corrected chi connectivity index (χ0v) is 9.99. The zero-order chi connectivity index (χ0) is 14.5. The van der Waals surface area contributed by atoms with E-state index in [0.29, 0.717) is 0 Å². The number of hydrogen-bond acceptors (Lipinski definition) is 4. The summed E-state index contributed by atoms with van der Waals surface area (Å²) in [4.78, 5) is 23.0. The van der Waals surface area contributed by atoms with E-state index in [-0.39, 0.29) is 17.7 Å². The highest BCUT2D eigenvalue weighted by Gasteiger charge is 2.30. The molecule has 1 rings (SSSR count). The first kappa shape index (κ1) is 15.0. The van der Waals surface area contributed by atoms with E-state index in [0.717, 1.165) is 0 Å². The number of carbonyl (C=O) groups excluding carboxylic acids is 2. The highest BCUT2D eigenvalue weighted by atomic mass is 19.4. The van der Waals surface area contributed by atoms with Gasteiger partial charge in [0.25, 0.3) is 0 Å². The Bertz CT molecular complexity index is 468. The second kappa shape index (κ2) is 6.21. The molecule has 4 nitrogen and oxygen atoms in total. The molecule has 0 atom stereocenters. The Morgan fingerprint density at radius 3 is 1.95 bits per heavy atom. The predicted molar refractivity (Wildman–Crippen MR) is 58.7 cm³/mol. The topological polar surface area (TPSA) is 52.6 Å². The fourth-order valence-corrected chi connectivity index (χ4v) is 1.27. The van der Waals surface area contributed by atoms with Gasteiger partial charge in [-0.25, -0.2) is 9.59 Å². The van der Waals surface area contributed by atoms with Gasteiger partial charge in [-0.15, -0.1) is 0 Å². The molecule has 1 aromatic carbocycles. The van der Waals surface area contributed by atoms with Crippen molar-refractivity contribution < 1.29 is 32.2 Å². The Morgan fingerprint density at radius 2 is 1.53 bits per heavy atom. The van der Waals surface area contributed by atoms with E-state index in [1.165, 1.54) is 24.3 Å². The summed E-state index contributed by atoms with van der Waals surface area (Å²) in [6.07, 6.45) is -4.62. The van der Waals surface area contributed by atoms with Gasteiger partial charge < -0.3 is 9.47 Å². The van der Waals surface area contributed by atoms with Gasteiger partial charge in [-0.3, -0.25) is 0 Å². The summed E-state index contributed by atoms with van der Waals surface area (Å²) >= 11 is 0. The molecular formula is C12H11F3O4. The van der Waals surface area contributed by atoms with Crippen LogP contribution in [0, 0.1) is 0 Å². The molecule has 0 aromatic heterocycles. The fourth-order valence-electron chi connectivity index (χ4n) is 1.27. The molecule has 0 aliphatic heterocycles. The average Bonchev–Trinajstić information content (AvgIpc) is 2.35. The van der Waals surface area contributed by atoms with Gasteiger partial charge >= 0.3 is 18.1 Å². The van der Waals surface area contributed by atoms with Crippen molar-refractivity contribution in [1.29, 1.82) is 0 Å². The summed E-state index contributed by atoms with van der Waals surface area (Å²) in [7, 11) is 0. The minimum atomic E-state index is -4.62. The van der Waals surface area contributed by atoms with E-state index < -0.39 is 24.7 Å². The Morgan fingerprint density at radius 1 is 1.05 bits per heavy atom. The molecule has 0 spiro atoms. The second-order valence-electron chi connectivity index (χ2n) is 3.46. The fraction of sp³-hybridized carbons (Fsp3) is 0.333. The van der Waals surface area contributed by atoms with Crippen LogP contribution in [0.25, 0.3) is 0 Å². The zero-order valence-electron chi connectivity index (χ0n) is 9.99. The molecule has 0 aliphatic rings. The first-order valence-corrected chi connectivity index (χ1v) is 5.35. The summed E-state index contributed by atoms with van der Waals surface area (Å²) in [6, 6.07) is 5.35. The van der Waals surface area contributed by atoms with E-state index in [1.54, 1.807) is 6.92 Å². The van der Waals surface area contributed by atoms with Crippen LogP contribution in [-0.2, 0) is 9.47 Å². The monoisotopic (exact) mass is 276 g/mol. The van der Waals surface area contributed by atoms with Gasteiger partial charge in [-0.05, 0) is 19.1 Å². The SMILES string of the molecule is CCOC(=O)c1ccccc1C(=O)OCC(F)(F)F. The Kier molecular flexibility index (Phi) is 4.91. The molecule has 0 saturated carbocycles. The number of esters is 2. The van der Waals surface area contributed by atoms with Gasteiger partial charge in [0.2, 0.25) is 0 Å². The molecule has 0 aliphatic carbocycles. The Balaban J connectivity index is 2.88. The minimum Gasteiger partial charge on any atom is -0.462 e. The van der Waals surface area contributed by atoms with Crippen LogP contribution in [-0.4, -0.2) is 31.3 Å². The smallest absolute Gasteiger partial charge is 0.422 e. The van der Waals surface area contributed by atoms with Crippen LogP contribution in [0.5, 0.6) is 0 Å². The standard InChI is InChI=1S/C12H11F3O4/c1-2-18-10(16)8-5-3-4-6-9(8)11(17)19-7-12(13,14)15/h3-6H,2,7H2,1H3. The van der Waals surface area contributed by atoms with Crippen LogP contribution < -0.4 is 0 Å². The lowest BCUT2D eigenvalue weighted by molar-refractivity contribution is -0.161. The third kappa shape index (κ3) is 4.61. The number of carbonyl (C=O) groups is 2. The number of alkyl halides is 3. The van der Waals surface area contributed by atoms with Crippen molar-refractivity contribution in [3.05, 3.63) is 35.4 Å². The van der Waals surface area contributed by atoms with E-state index in [9.17, 15) is 22.8 Å². The number of halogens is 3. The van der Waals surface area contributed by atoms with Gasteiger partial charge in [0.15, 0.2) is 6.61 Å². The largest absolute Gasteiger partial charge is 0.462 e. The Labute approximate surface area is 107 Å². The van der Waals surface area contributed by atoms with Crippen molar-refractivity contribution in [2.24, 2.45) is 0 Å². The maximum absolute atomic E-state index is 11.9. The molecule has 19 heavy (non-hydrogen) atoms. The minimum absolute atomic E-state index is 0.0881. The van der Waals surface area contributed by atoms with E-state index in [1.807, 2.05) is 0 Å². The van der Waals surface area contributed by atoms with Gasteiger partial charge in [0, 0.05) is 0 Å². The van der Waals surface area contributed by atoms with E-state index in [4.69, 9.17) is 4.74 Å². The third-order valence-corrected chi connectivity index (χ3v) is 2.01. The predicted octanol–water partition coefficient (Wildman–Crippen LogP) is 2.58. The first-order valence-electron chi connectivity index (χ1n) is 5.35. The number of rotatable bonds is 4. The van der Waals surface area contributed by atoms with Crippen LogP contribution in [0.1, 0.15) is 27.6 Å².